The predicted octanol–water partition coefficient (Wildman–Crippen LogP) is 4.36. The van der Waals surface area contributed by atoms with E-state index in [9.17, 15) is 9.59 Å². The summed E-state index contributed by atoms with van der Waals surface area (Å²) in [5, 5.41) is 5.60. The van der Waals surface area contributed by atoms with Crippen LogP contribution in [0.5, 0.6) is 17.2 Å². The summed E-state index contributed by atoms with van der Waals surface area (Å²) in [6.07, 6.45) is -0.746. The van der Waals surface area contributed by atoms with E-state index >= 15 is 0 Å². The highest BCUT2D eigenvalue weighted by Gasteiger charge is 2.17. The minimum atomic E-state index is -0.746. The molecule has 0 saturated carbocycles. The fraction of sp³-hybridized carbons (Fsp3) is 0.167. The van der Waals surface area contributed by atoms with Crippen LogP contribution in [0, 0.1) is 0 Å². The van der Waals surface area contributed by atoms with E-state index in [1.54, 1.807) is 80.8 Å². The Balaban J connectivity index is 1.57. The fourth-order valence-corrected chi connectivity index (χ4v) is 2.80. The molecule has 2 N–H and O–H groups in total. The first kappa shape index (κ1) is 21.7. The minimum Gasteiger partial charge on any atom is -0.497 e. The van der Waals surface area contributed by atoms with Gasteiger partial charge in [-0.25, -0.2) is 0 Å². The first-order valence-corrected chi connectivity index (χ1v) is 9.66. The van der Waals surface area contributed by atoms with Crippen LogP contribution in [0.25, 0.3) is 0 Å². The standard InChI is InChI=1S/C24H24N2O5/c1-16(23(27)26-21-6-4-5-7-22(21)30-3)31-20-12-8-17(9-13-20)24(28)25-18-10-14-19(29-2)15-11-18/h4-16H,1-3H3,(H,25,28)(H,26,27)/t16-/m0/s1. The molecule has 7 nitrogen and oxygen atoms in total. The molecule has 0 saturated heterocycles. The van der Waals surface area contributed by atoms with Gasteiger partial charge in [0.2, 0.25) is 0 Å². The Kier molecular flexibility index (Phi) is 7.11. The van der Waals surface area contributed by atoms with Gasteiger partial charge in [0, 0.05) is 11.3 Å². The quantitative estimate of drug-likeness (QED) is 0.565. The Morgan fingerprint density at radius 1 is 0.774 bits per heavy atom. The summed E-state index contributed by atoms with van der Waals surface area (Å²) in [6.45, 7) is 1.65. The zero-order valence-electron chi connectivity index (χ0n) is 17.5. The number of nitrogens with one attached hydrogen (secondary N) is 2. The second kappa shape index (κ2) is 10.2. The zero-order chi connectivity index (χ0) is 22.2. The number of methoxy groups -OCH3 is 2. The number of carbonyl (C=O) groups is 2. The van der Waals surface area contributed by atoms with Crippen molar-refractivity contribution in [3.8, 4) is 17.2 Å². The number of carbonyl (C=O) groups excluding carboxylic acids is 2. The zero-order valence-corrected chi connectivity index (χ0v) is 17.5. The molecule has 31 heavy (non-hydrogen) atoms. The monoisotopic (exact) mass is 420 g/mol. The van der Waals surface area contributed by atoms with Crippen molar-refractivity contribution in [3.63, 3.8) is 0 Å². The molecule has 3 aromatic carbocycles. The van der Waals surface area contributed by atoms with Crippen LogP contribution < -0.4 is 24.8 Å². The van der Waals surface area contributed by atoms with Gasteiger partial charge in [-0.1, -0.05) is 12.1 Å². The topological polar surface area (TPSA) is 85.9 Å². The van der Waals surface area contributed by atoms with Gasteiger partial charge in [-0.05, 0) is 67.6 Å². The van der Waals surface area contributed by atoms with E-state index in [0.29, 0.717) is 34.2 Å². The second-order valence-corrected chi connectivity index (χ2v) is 6.66. The molecule has 3 aromatic rings. The van der Waals surface area contributed by atoms with E-state index in [1.165, 1.54) is 7.11 Å². The summed E-state index contributed by atoms with van der Waals surface area (Å²) in [7, 11) is 3.12. The number of rotatable bonds is 8. The molecule has 0 fully saturated rings. The second-order valence-electron chi connectivity index (χ2n) is 6.66. The van der Waals surface area contributed by atoms with Gasteiger partial charge >= 0.3 is 0 Å². The van der Waals surface area contributed by atoms with Gasteiger partial charge in [0.1, 0.15) is 17.2 Å². The van der Waals surface area contributed by atoms with Crippen LogP contribution in [-0.4, -0.2) is 32.1 Å². The van der Waals surface area contributed by atoms with Crippen molar-refractivity contribution < 1.29 is 23.8 Å². The lowest BCUT2D eigenvalue weighted by Crippen LogP contribution is -2.30. The maximum atomic E-state index is 12.4. The summed E-state index contributed by atoms with van der Waals surface area (Å²) in [5.41, 5.74) is 1.69. The molecule has 0 aliphatic heterocycles. The molecule has 1 atom stereocenters. The van der Waals surface area contributed by atoms with Crippen LogP contribution in [0.4, 0.5) is 11.4 Å². The number of hydrogen-bond donors (Lipinski definition) is 2. The number of benzene rings is 3. The Hall–Kier alpha value is -4.00. The summed E-state index contributed by atoms with van der Waals surface area (Å²) >= 11 is 0. The Labute approximate surface area is 180 Å². The van der Waals surface area contributed by atoms with Gasteiger partial charge in [0.15, 0.2) is 6.10 Å². The maximum absolute atomic E-state index is 12.4. The van der Waals surface area contributed by atoms with Crippen LogP contribution in [0.3, 0.4) is 0 Å². The highest BCUT2D eigenvalue weighted by Crippen LogP contribution is 2.24. The molecule has 3 rings (SSSR count). The molecule has 0 spiro atoms. The third kappa shape index (κ3) is 5.76. The van der Waals surface area contributed by atoms with E-state index in [0.717, 1.165) is 0 Å². The Morgan fingerprint density at radius 3 is 2.06 bits per heavy atom. The molecular formula is C24H24N2O5. The van der Waals surface area contributed by atoms with Crippen molar-refractivity contribution in [1.29, 1.82) is 0 Å². The SMILES string of the molecule is COc1ccc(NC(=O)c2ccc(O[C@@H](C)C(=O)Nc3ccccc3OC)cc2)cc1. The first-order valence-electron chi connectivity index (χ1n) is 9.66. The summed E-state index contributed by atoms with van der Waals surface area (Å²) < 4.78 is 16.0. The van der Waals surface area contributed by atoms with Gasteiger partial charge in [-0.15, -0.1) is 0 Å². The lowest BCUT2D eigenvalue weighted by Gasteiger charge is -2.16. The lowest BCUT2D eigenvalue weighted by atomic mass is 10.2. The average molecular weight is 420 g/mol. The van der Waals surface area contributed by atoms with E-state index in [4.69, 9.17) is 14.2 Å². The van der Waals surface area contributed by atoms with E-state index in [1.807, 2.05) is 6.07 Å². The summed E-state index contributed by atoms with van der Waals surface area (Å²) in [4.78, 5) is 24.9. The molecule has 0 aliphatic carbocycles. The average Bonchev–Trinajstić information content (AvgIpc) is 2.80. The fourth-order valence-electron chi connectivity index (χ4n) is 2.80. The minimum absolute atomic E-state index is 0.251. The first-order chi connectivity index (χ1) is 15.0. The normalized spacial score (nSPS) is 11.2. The summed E-state index contributed by atoms with van der Waals surface area (Å²) in [5.74, 6) is 1.19. The highest BCUT2D eigenvalue weighted by molar-refractivity contribution is 6.04. The number of anilines is 2. The third-order valence-corrected chi connectivity index (χ3v) is 4.51. The van der Waals surface area contributed by atoms with Crippen LogP contribution in [0.15, 0.2) is 72.8 Å². The van der Waals surface area contributed by atoms with Gasteiger partial charge in [-0.2, -0.15) is 0 Å². The van der Waals surface area contributed by atoms with Crippen molar-refractivity contribution in [2.75, 3.05) is 24.9 Å². The van der Waals surface area contributed by atoms with Crippen molar-refractivity contribution in [2.45, 2.75) is 13.0 Å². The van der Waals surface area contributed by atoms with Gasteiger partial charge in [0.25, 0.3) is 11.8 Å². The number of para-hydroxylation sites is 2. The van der Waals surface area contributed by atoms with Crippen LogP contribution in [0.1, 0.15) is 17.3 Å². The van der Waals surface area contributed by atoms with Crippen molar-refractivity contribution in [1.82, 2.24) is 0 Å². The molecule has 0 heterocycles. The van der Waals surface area contributed by atoms with Gasteiger partial charge < -0.3 is 24.8 Å². The van der Waals surface area contributed by atoms with E-state index < -0.39 is 6.10 Å². The maximum Gasteiger partial charge on any atom is 0.265 e. The molecule has 160 valence electrons. The molecule has 0 bridgehead atoms. The van der Waals surface area contributed by atoms with Crippen molar-refractivity contribution >= 4 is 23.2 Å². The molecule has 0 unspecified atom stereocenters. The van der Waals surface area contributed by atoms with E-state index in [2.05, 4.69) is 10.6 Å². The number of ether oxygens (including phenoxy) is 3. The van der Waals surface area contributed by atoms with Crippen LogP contribution >= 0.6 is 0 Å². The predicted molar refractivity (Wildman–Crippen MR) is 119 cm³/mol. The van der Waals surface area contributed by atoms with Gasteiger partial charge in [0.05, 0.1) is 19.9 Å². The molecule has 0 radical (unpaired) electrons. The molecular weight excluding hydrogens is 396 g/mol. The van der Waals surface area contributed by atoms with Crippen LogP contribution in [-0.2, 0) is 4.79 Å². The number of hydrogen-bond acceptors (Lipinski definition) is 5. The van der Waals surface area contributed by atoms with Crippen molar-refractivity contribution in [3.05, 3.63) is 78.4 Å². The number of amides is 2. The largest absolute Gasteiger partial charge is 0.497 e. The highest BCUT2D eigenvalue weighted by atomic mass is 16.5. The molecule has 0 aliphatic rings. The lowest BCUT2D eigenvalue weighted by molar-refractivity contribution is -0.122. The van der Waals surface area contributed by atoms with Crippen LogP contribution in [0.2, 0.25) is 0 Å². The van der Waals surface area contributed by atoms with Crippen molar-refractivity contribution in [2.24, 2.45) is 0 Å². The van der Waals surface area contributed by atoms with Gasteiger partial charge in [-0.3, -0.25) is 9.59 Å². The molecule has 2 amide bonds. The Bertz CT molecular complexity index is 1030. The molecule has 0 aromatic heterocycles. The Morgan fingerprint density at radius 2 is 1.42 bits per heavy atom. The third-order valence-electron chi connectivity index (χ3n) is 4.51. The summed E-state index contributed by atoms with van der Waals surface area (Å²) in [6, 6.07) is 20.8. The molecule has 7 heteroatoms. The van der Waals surface area contributed by atoms with E-state index in [-0.39, 0.29) is 11.8 Å². The smallest absolute Gasteiger partial charge is 0.265 e.